The van der Waals surface area contributed by atoms with E-state index in [2.05, 4.69) is 26.1 Å². The molecule has 1 aromatic rings. The van der Waals surface area contributed by atoms with Crippen molar-refractivity contribution in [3.05, 3.63) is 24.2 Å². The molecule has 0 aliphatic carbocycles. The molecule has 3 nitrogen and oxygen atoms in total. The van der Waals surface area contributed by atoms with Crippen LogP contribution < -0.4 is 5.32 Å². The normalized spacial score (nSPS) is 19.1. The van der Waals surface area contributed by atoms with Gasteiger partial charge in [-0.3, -0.25) is 0 Å². The second-order valence-corrected chi connectivity index (χ2v) is 4.84. The number of hydrogen-bond donors (Lipinski definition) is 2. The Labute approximate surface area is 97.9 Å². The Morgan fingerprint density at radius 2 is 2.19 bits per heavy atom. The van der Waals surface area contributed by atoms with Gasteiger partial charge in [-0.2, -0.15) is 0 Å². The van der Waals surface area contributed by atoms with Gasteiger partial charge in [0.05, 0.1) is 18.6 Å². The van der Waals surface area contributed by atoms with Crippen LogP contribution in [0.5, 0.6) is 0 Å². The van der Waals surface area contributed by atoms with E-state index in [4.69, 9.17) is 4.42 Å². The minimum atomic E-state index is -0.304. The third-order valence-corrected chi connectivity index (χ3v) is 3.67. The maximum Gasteiger partial charge on any atom is 0.0950 e. The van der Waals surface area contributed by atoms with E-state index in [0.717, 1.165) is 18.5 Å². The van der Waals surface area contributed by atoms with Gasteiger partial charge in [-0.15, -0.1) is 0 Å². The van der Waals surface area contributed by atoms with Crippen molar-refractivity contribution < 1.29 is 9.52 Å². The molecule has 16 heavy (non-hydrogen) atoms. The van der Waals surface area contributed by atoms with Crippen LogP contribution in [0.4, 0.5) is 0 Å². The maximum atomic E-state index is 9.76. The summed E-state index contributed by atoms with van der Waals surface area (Å²) in [6, 6.07) is 2.21. The molecule has 3 atom stereocenters. The molecular formula is C13H23NO2. The number of hydrogen-bond acceptors (Lipinski definition) is 3. The van der Waals surface area contributed by atoms with Crippen molar-refractivity contribution in [1.82, 2.24) is 5.32 Å². The molecule has 3 unspecified atom stereocenters. The highest BCUT2D eigenvalue weighted by Crippen LogP contribution is 2.26. The Morgan fingerprint density at radius 1 is 1.50 bits per heavy atom. The lowest BCUT2D eigenvalue weighted by Crippen LogP contribution is -2.40. The van der Waals surface area contributed by atoms with Gasteiger partial charge in [0.25, 0.3) is 0 Å². The van der Waals surface area contributed by atoms with Crippen LogP contribution >= 0.6 is 0 Å². The van der Waals surface area contributed by atoms with Gasteiger partial charge >= 0.3 is 0 Å². The van der Waals surface area contributed by atoms with Gasteiger partial charge in [-0.25, -0.2) is 0 Å². The van der Waals surface area contributed by atoms with Crippen LogP contribution in [-0.2, 0) is 0 Å². The number of aliphatic hydroxyl groups excluding tert-OH is 1. The summed E-state index contributed by atoms with van der Waals surface area (Å²) >= 11 is 0. The minimum absolute atomic E-state index is 0.0714. The number of nitrogens with one attached hydrogen (secondary N) is 1. The molecule has 0 aromatic carbocycles. The summed E-state index contributed by atoms with van der Waals surface area (Å²) < 4.78 is 5.05. The molecule has 1 aromatic heterocycles. The van der Waals surface area contributed by atoms with Gasteiger partial charge < -0.3 is 14.8 Å². The second kappa shape index (κ2) is 5.51. The third-order valence-electron chi connectivity index (χ3n) is 3.67. The van der Waals surface area contributed by atoms with E-state index in [9.17, 15) is 5.11 Å². The molecule has 0 fully saturated rings. The average molecular weight is 225 g/mol. The first-order chi connectivity index (χ1) is 7.49. The average Bonchev–Trinajstić information content (AvgIpc) is 2.78. The van der Waals surface area contributed by atoms with Crippen LogP contribution in [0.25, 0.3) is 0 Å². The van der Waals surface area contributed by atoms with E-state index in [1.54, 1.807) is 12.5 Å². The van der Waals surface area contributed by atoms with Gasteiger partial charge in [0.2, 0.25) is 0 Å². The van der Waals surface area contributed by atoms with Crippen molar-refractivity contribution in [1.29, 1.82) is 0 Å². The summed E-state index contributed by atoms with van der Waals surface area (Å²) in [6.45, 7) is 8.97. The summed E-state index contributed by atoms with van der Waals surface area (Å²) in [4.78, 5) is 0. The monoisotopic (exact) mass is 225 g/mol. The summed E-state index contributed by atoms with van der Waals surface area (Å²) in [7, 11) is 0. The first kappa shape index (κ1) is 13.3. The Morgan fingerprint density at radius 3 is 2.62 bits per heavy atom. The molecule has 2 N–H and O–H groups in total. The van der Waals surface area contributed by atoms with Crippen molar-refractivity contribution in [3.8, 4) is 0 Å². The Hall–Kier alpha value is -0.800. The molecule has 0 aliphatic rings. The van der Waals surface area contributed by atoms with Crippen molar-refractivity contribution in [3.63, 3.8) is 0 Å². The smallest absolute Gasteiger partial charge is 0.0950 e. The molecule has 1 heterocycles. The molecule has 0 saturated carbocycles. The highest BCUT2D eigenvalue weighted by atomic mass is 16.3. The van der Waals surface area contributed by atoms with Gasteiger partial charge in [-0.05, 0) is 26.3 Å². The quantitative estimate of drug-likeness (QED) is 0.782. The van der Waals surface area contributed by atoms with Crippen LogP contribution in [0.2, 0.25) is 0 Å². The number of aliphatic hydroxyl groups is 1. The van der Waals surface area contributed by atoms with Crippen LogP contribution in [-0.4, -0.2) is 17.8 Å². The second-order valence-electron chi connectivity index (χ2n) is 4.84. The summed E-state index contributed by atoms with van der Waals surface area (Å²) in [5.74, 6) is 0. The molecule has 0 spiro atoms. The third kappa shape index (κ3) is 3.09. The topological polar surface area (TPSA) is 45.4 Å². The lowest BCUT2D eigenvalue weighted by Gasteiger charge is -2.33. The first-order valence-electron chi connectivity index (χ1n) is 5.93. The molecule has 0 saturated heterocycles. The molecular weight excluding hydrogens is 202 g/mol. The molecule has 0 radical (unpaired) electrons. The van der Waals surface area contributed by atoms with E-state index < -0.39 is 0 Å². The lowest BCUT2D eigenvalue weighted by atomic mass is 9.82. The fourth-order valence-corrected chi connectivity index (χ4v) is 1.59. The predicted molar refractivity (Wildman–Crippen MR) is 65.2 cm³/mol. The largest absolute Gasteiger partial charge is 0.472 e. The van der Waals surface area contributed by atoms with Crippen LogP contribution in [0.15, 0.2) is 23.0 Å². The summed E-state index contributed by atoms with van der Waals surface area (Å²) in [6.07, 6.45) is 4.09. The Kier molecular flexibility index (Phi) is 4.56. The molecule has 0 aliphatic heterocycles. The van der Waals surface area contributed by atoms with Crippen LogP contribution in [0.3, 0.4) is 0 Å². The van der Waals surface area contributed by atoms with Crippen molar-refractivity contribution >= 4 is 0 Å². The van der Waals surface area contributed by atoms with Gasteiger partial charge in [0, 0.05) is 23.6 Å². The Balaban J connectivity index is 2.50. The fourth-order valence-electron chi connectivity index (χ4n) is 1.59. The zero-order valence-electron chi connectivity index (χ0n) is 10.7. The van der Waals surface area contributed by atoms with E-state index in [1.165, 1.54) is 0 Å². The zero-order valence-corrected chi connectivity index (χ0v) is 10.7. The lowest BCUT2D eigenvalue weighted by molar-refractivity contribution is 0.0473. The fraction of sp³-hybridized carbons (Fsp3) is 0.692. The maximum absolute atomic E-state index is 9.76. The Bertz CT molecular complexity index is 295. The highest BCUT2D eigenvalue weighted by Gasteiger charge is 2.28. The van der Waals surface area contributed by atoms with Gasteiger partial charge in [-0.1, -0.05) is 13.8 Å². The summed E-state index contributed by atoms with van der Waals surface area (Å²) in [5.41, 5.74) is 1.07. The van der Waals surface area contributed by atoms with Crippen molar-refractivity contribution in [2.75, 3.05) is 6.54 Å². The standard InChI is InChI=1S/C13H23NO2/c1-5-13(4,11(3)15)9-14-10(2)12-6-7-16-8-12/h6-8,10-11,14-15H,5,9H2,1-4H3. The van der Waals surface area contributed by atoms with E-state index in [1.807, 2.05) is 13.0 Å². The zero-order chi connectivity index (χ0) is 12.2. The first-order valence-corrected chi connectivity index (χ1v) is 5.93. The molecule has 0 bridgehead atoms. The predicted octanol–water partition coefficient (Wildman–Crippen LogP) is 2.73. The molecule has 92 valence electrons. The van der Waals surface area contributed by atoms with E-state index in [0.29, 0.717) is 0 Å². The minimum Gasteiger partial charge on any atom is -0.472 e. The van der Waals surface area contributed by atoms with E-state index >= 15 is 0 Å². The molecule has 0 amide bonds. The summed E-state index contributed by atoms with van der Waals surface area (Å²) in [5, 5.41) is 13.2. The highest BCUT2D eigenvalue weighted by molar-refractivity contribution is 5.10. The molecule has 1 rings (SSSR count). The van der Waals surface area contributed by atoms with Gasteiger partial charge in [0.1, 0.15) is 0 Å². The SMILES string of the molecule is CCC(C)(CNC(C)c1ccoc1)C(C)O. The van der Waals surface area contributed by atoms with Crippen molar-refractivity contribution in [2.24, 2.45) is 5.41 Å². The van der Waals surface area contributed by atoms with Crippen LogP contribution in [0.1, 0.15) is 45.7 Å². The van der Waals surface area contributed by atoms with Gasteiger partial charge in [0.15, 0.2) is 0 Å². The number of furan rings is 1. The number of rotatable bonds is 6. The van der Waals surface area contributed by atoms with Crippen LogP contribution in [0, 0.1) is 5.41 Å². The van der Waals surface area contributed by atoms with Crippen molar-refractivity contribution in [2.45, 2.75) is 46.3 Å². The van der Waals surface area contributed by atoms with E-state index in [-0.39, 0.29) is 17.6 Å². The molecule has 3 heteroatoms.